The van der Waals surface area contributed by atoms with E-state index in [-0.39, 0.29) is 12.0 Å². The van der Waals surface area contributed by atoms with Gasteiger partial charge in [-0.1, -0.05) is 164 Å². The van der Waals surface area contributed by atoms with Crippen molar-refractivity contribution in [3.05, 3.63) is 205 Å². The van der Waals surface area contributed by atoms with Crippen molar-refractivity contribution in [1.29, 1.82) is 0 Å². The summed E-state index contributed by atoms with van der Waals surface area (Å²) >= 11 is 0. The number of anilines is 2. The molecule has 5 heteroatoms. The molecule has 0 fully saturated rings. The van der Waals surface area contributed by atoms with E-state index in [0.29, 0.717) is 17.5 Å². The summed E-state index contributed by atoms with van der Waals surface area (Å²) in [6.07, 6.45) is 4.48. The van der Waals surface area contributed by atoms with E-state index in [1.807, 2.05) is 36.4 Å². The maximum Gasteiger partial charge on any atom is 0.164 e. The zero-order valence-corrected chi connectivity index (χ0v) is 30.3. The van der Waals surface area contributed by atoms with Crippen molar-refractivity contribution in [3.8, 4) is 56.4 Å². The molecule has 2 unspecified atom stereocenters. The van der Waals surface area contributed by atoms with E-state index in [0.717, 1.165) is 55.7 Å². The number of fused-ring (bicyclic) bond motifs is 7. The first kappa shape index (κ1) is 32.1. The maximum atomic E-state index is 6.79. The Labute approximate surface area is 324 Å². The number of nitrogens with zero attached hydrogens (tertiary/aromatic N) is 4. The lowest BCUT2D eigenvalue weighted by Gasteiger charge is -2.30. The van der Waals surface area contributed by atoms with Crippen LogP contribution >= 0.6 is 0 Å². The fourth-order valence-electron chi connectivity index (χ4n) is 8.52. The van der Waals surface area contributed by atoms with Crippen LogP contribution in [0.25, 0.3) is 73.5 Å². The molecule has 5 nitrogen and oxygen atoms in total. The Kier molecular flexibility index (Phi) is 7.56. The predicted molar refractivity (Wildman–Crippen MR) is 226 cm³/mol. The minimum atomic E-state index is 0.149. The van der Waals surface area contributed by atoms with Gasteiger partial charge in [0.2, 0.25) is 0 Å². The average Bonchev–Trinajstić information content (AvgIpc) is 3.83. The van der Waals surface area contributed by atoms with Crippen LogP contribution in [0.15, 0.2) is 192 Å². The highest BCUT2D eigenvalue weighted by Crippen LogP contribution is 2.54. The lowest BCUT2D eigenvalue weighted by molar-refractivity contribution is 0.585. The average molecular weight is 719 g/mol. The van der Waals surface area contributed by atoms with Crippen LogP contribution in [-0.4, -0.2) is 21.0 Å². The van der Waals surface area contributed by atoms with Crippen LogP contribution in [0.5, 0.6) is 0 Å². The van der Waals surface area contributed by atoms with Crippen molar-refractivity contribution < 1.29 is 4.42 Å². The van der Waals surface area contributed by atoms with Gasteiger partial charge in [0.25, 0.3) is 0 Å². The summed E-state index contributed by atoms with van der Waals surface area (Å²) in [7, 11) is 0. The summed E-state index contributed by atoms with van der Waals surface area (Å²) in [5.41, 5.74) is 13.1. The van der Waals surface area contributed by atoms with Gasteiger partial charge < -0.3 is 9.32 Å². The van der Waals surface area contributed by atoms with Crippen molar-refractivity contribution in [1.82, 2.24) is 15.0 Å². The van der Waals surface area contributed by atoms with Gasteiger partial charge in [0.1, 0.15) is 11.3 Å². The number of para-hydroxylation sites is 3. The minimum absolute atomic E-state index is 0.149. The molecule has 0 radical (unpaired) electrons. The second kappa shape index (κ2) is 13.2. The molecule has 0 N–H and O–H groups in total. The van der Waals surface area contributed by atoms with Gasteiger partial charge in [0.05, 0.1) is 6.04 Å². The second-order valence-corrected chi connectivity index (χ2v) is 14.4. The van der Waals surface area contributed by atoms with Gasteiger partial charge >= 0.3 is 0 Å². The molecule has 0 saturated heterocycles. The van der Waals surface area contributed by atoms with Crippen LogP contribution in [0.1, 0.15) is 22.8 Å². The predicted octanol–water partition coefficient (Wildman–Crippen LogP) is 12.6. The summed E-state index contributed by atoms with van der Waals surface area (Å²) in [5, 5.41) is 1.15. The van der Waals surface area contributed by atoms with Crippen molar-refractivity contribution in [2.45, 2.75) is 12.0 Å². The lowest BCUT2D eigenvalue weighted by Crippen LogP contribution is -2.30. The lowest BCUT2D eigenvalue weighted by atomic mass is 9.82. The molecule has 11 rings (SSSR count). The first-order valence-corrected chi connectivity index (χ1v) is 19.0. The summed E-state index contributed by atoms with van der Waals surface area (Å²) < 4.78 is 6.79. The third kappa shape index (κ3) is 5.36. The Bertz CT molecular complexity index is 2920. The van der Waals surface area contributed by atoms with E-state index in [4.69, 9.17) is 19.4 Å². The molecule has 0 spiro atoms. The van der Waals surface area contributed by atoms with Crippen LogP contribution in [0, 0.1) is 0 Å². The number of aromatic nitrogens is 3. The van der Waals surface area contributed by atoms with Crippen molar-refractivity contribution >= 4 is 28.4 Å². The van der Waals surface area contributed by atoms with E-state index < -0.39 is 0 Å². The molecule has 56 heavy (non-hydrogen) atoms. The summed E-state index contributed by atoms with van der Waals surface area (Å²) in [6.45, 7) is 0. The third-order valence-electron chi connectivity index (χ3n) is 11.1. The summed E-state index contributed by atoms with van der Waals surface area (Å²) in [4.78, 5) is 17.5. The van der Waals surface area contributed by atoms with E-state index in [1.54, 1.807) is 0 Å². The van der Waals surface area contributed by atoms with Crippen LogP contribution in [0.4, 0.5) is 11.4 Å². The van der Waals surface area contributed by atoms with E-state index in [2.05, 4.69) is 163 Å². The number of benzene rings is 7. The maximum absolute atomic E-state index is 6.79. The molecule has 3 heterocycles. The molecule has 9 aromatic rings. The van der Waals surface area contributed by atoms with Gasteiger partial charge in [0, 0.05) is 50.5 Å². The van der Waals surface area contributed by atoms with Gasteiger partial charge in [-0.2, -0.15) is 0 Å². The van der Waals surface area contributed by atoms with Crippen LogP contribution in [0.3, 0.4) is 0 Å². The van der Waals surface area contributed by atoms with Gasteiger partial charge in [-0.05, 0) is 52.6 Å². The standard InChI is InChI=1S/C51H34N4O/c1-4-14-33(15-5-1)37-18-12-19-38(32-37)51-53-49(35-16-6-2-7-17-35)52-50(54-51)36-28-26-34(27-29-36)40-23-13-24-42-47-45(56-48(40)42)31-30-44-46(47)41-22-10-11-25-43(41)55(44)39-20-8-3-9-21-39/h1-32,44,46H. The fourth-order valence-corrected chi connectivity index (χ4v) is 8.52. The monoisotopic (exact) mass is 718 g/mol. The van der Waals surface area contributed by atoms with Gasteiger partial charge in [0.15, 0.2) is 17.5 Å². The highest BCUT2D eigenvalue weighted by molar-refractivity contribution is 5.98. The minimum Gasteiger partial charge on any atom is -0.456 e. The number of hydrogen-bond acceptors (Lipinski definition) is 5. The normalized spacial score (nSPS) is 15.4. The van der Waals surface area contributed by atoms with E-state index in [1.165, 1.54) is 22.5 Å². The first-order chi connectivity index (χ1) is 27.8. The SMILES string of the molecule is C1=CC2C(c3ccccc3N2c2ccccc2)c2c1oc1c(-c3ccc(-c4nc(-c5ccccc5)nc(-c5cccc(-c6ccccc6)c5)n4)cc3)cccc21. The molecule has 0 amide bonds. The Morgan fingerprint density at radius 1 is 0.464 bits per heavy atom. The Balaban J connectivity index is 0.979. The number of hydrogen-bond donors (Lipinski definition) is 0. The molecule has 0 saturated carbocycles. The van der Waals surface area contributed by atoms with Crippen molar-refractivity contribution in [3.63, 3.8) is 0 Å². The molecule has 2 atom stereocenters. The molecule has 0 bridgehead atoms. The smallest absolute Gasteiger partial charge is 0.164 e. The molecule has 1 aliphatic heterocycles. The molecule has 7 aromatic carbocycles. The Morgan fingerprint density at radius 3 is 1.79 bits per heavy atom. The molecule has 264 valence electrons. The quantitative estimate of drug-likeness (QED) is 0.171. The van der Waals surface area contributed by atoms with Crippen LogP contribution in [-0.2, 0) is 0 Å². The zero-order chi connectivity index (χ0) is 37.0. The third-order valence-corrected chi connectivity index (χ3v) is 11.1. The van der Waals surface area contributed by atoms with Gasteiger partial charge in [-0.3, -0.25) is 0 Å². The molecule has 2 aromatic heterocycles. The van der Waals surface area contributed by atoms with Gasteiger partial charge in [-0.25, -0.2) is 15.0 Å². The first-order valence-electron chi connectivity index (χ1n) is 19.0. The van der Waals surface area contributed by atoms with Crippen LogP contribution < -0.4 is 4.90 Å². The van der Waals surface area contributed by atoms with Gasteiger partial charge in [-0.15, -0.1) is 0 Å². The topological polar surface area (TPSA) is 55.1 Å². The number of furan rings is 1. The van der Waals surface area contributed by atoms with Crippen molar-refractivity contribution in [2.75, 3.05) is 4.90 Å². The highest BCUT2D eigenvalue weighted by atomic mass is 16.3. The number of rotatable bonds is 6. The van der Waals surface area contributed by atoms with E-state index >= 15 is 0 Å². The highest BCUT2D eigenvalue weighted by Gasteiger charge is 2.43. The largest absolute Gasteiger partial charge is 0.456 e. The Hall–Kier alpha value is -7.37. The molecule has 2 aliphatic rings. The van der Waals surface area contributed by atoms with Crippen molar-refractivity contribution in [2.24, 2.45) is 0 Å². The van der Waals surface area contributed by atoms with E-state index in [9.17, 15) is 0 Å². The zero-order valence-electron chi connectivity index (χ0n) is 30.3. The molecular weight excluding hydrogens is 685 g/mol. The summed E-state index contributed by atoms with van der Waals surface area (Å²) in [5.74, 6) is 2.97. The fraction of sp³-hybridized carbons (Fsp3) is 0.0392. The molecule has 1 aliphatic carbocycles. The summed E-state index contributed by atoms with van der Waals surface area (Å²) in [6, 6.07) is 63.5. The van der Waals surface area contributed by atoms with Crippen LogP contribution in [0.2, 0.25) is 0 Å². The Morgan fingerprint density at radius 2 is 1.04 bits per heavy atom. The molecular formula is C51H34N4O. The second-order valence-electron chi connectivity index (χ2n) is 14.4.